The van der Waals surface area contributed by atoms with E-state index in [1.165, 1.54) is 22.3 Å². The first-order valence-electron chi connectivity index (χ1n) is 9.23. The quantitative estimate of drug-likeness (QED) is 0.728. The fourth-order valence-electron chi connectivity index (χ4n) is 3.38. The number of anilines is 1. The monoisotopic (exact) mass is 429 g/mol. The second-order valence-electron chi connectivity index (χ2n) is 7.01. The van der Waals surface area contributed by atoms with Crippen LogP contribution >= 0.6 is 22.7 Å². The van der Waals surface area contributed by atoms with E-state index in [-0.39, 0.29) is 12.0 Å². The Balaban J connectivity index is 1.41. The predicted molar refractivity (Wildman–Crippen MR) is 111 cm³/mol. The molecule has 0 spiro atoms. The van der Waals surface area contributed by atoms with E-state index in [0.717, 1.165) is 16.0 Å². The molecule has 3 heterocycles. The number of ether oxygens (including phenoxy) is 1. The van der Waals surface area contributed by atoms with Gasteiger partial charge in [-0.05, 0) is 46.9 Å². The molecule has 2 aromatic heterocycles. The van der Waals surface area contributed by atoms with Crippen LogP contribution in [0.5, 0.6) is 0 Å². The number of likely N-dealkylation sites (tertiary alicyclic amines) is 1. The van der Waals surface area contributed by atoms with Crippen molar-refractivity contribution in [3.8, 4) is 6.07 Å². The number of nitriles is 1. The van der Waals surface area contributed by atoms with Crippen LogP contribution in [-0.4, -0.2) is 47.3 Å². The van der Waals surface area contributed by atoms with Gasteiger partial charge in [0.2, 0.25) is 5.91 Å². The smallest absolute Gasteiger partial charge is 0.410 e. The van der Waals surface area contributed by atoms with Crippen LogP contribution in [0.4, 0.5) is 9.80 Å². The number of fused-ring (bicyclic) bond motifs is 1. The van der Waals surface area contributed by atoms with Crippen molar-refractivity contribution < 1.29 is 19.4 Å². The molecule has 2 amide bonds. The average molecular weight is 430 g/mol. The lowest BCUT2D eigenvalue weighted by Gasteiger charge is -2.36. The molecule has 1 atom stereocenters. The molecular weight excluding hydrogens is 410 g/mol. The summed E-state index contributed by atoms with van der Waals surface area (Å²) < 4.78 is 5.55. The van der Waals surface area contributed by atoms with E-state index in [2.05, 4.69) is 11.4 Å². The van der Waals surface area contributed by atoms with Crippen LogP contribution < -0.4 is 5.32 Å². The molecule has 0 aromatic carbocycles. The van der Waals surface area contributed by atoms with Crippen molar-refractivity contribution in [1.29, 1.82) is 5.26 Å². The Labute approximate surface area is 175 Å². The topological polar surface area (TPSA) is 103 Å². The SMILES string of the molecule is N#Cc1c(NC(=O)C=Cc2ccsc2)sc2c1CCC(OC(=O)N1CC(O)C1)C2. The largest absolute Gasteiger partial charge is 0.446 e. The molecule has 2 N–H and O–H groups in total. The number of hydrogen-bond acceptors (Lipinski definition) is 7. The maximum atomic E-state index is 12.2. The molecule has 9 heteroatoms. The normalized spacial score (nSPS) is 18.8. The minimum Gasteiger partial charge on any atom is -0.446 e. The summed E-state index contributed by atoms with van der Waals surface area (Å²) in [5.74, 6) is -0.286. The number of β-amino-alcohol motifs (C(OH)–C–C–N with tert-alkyl or cyclic N) is 1. The molecule has 0 bridgehead atoms. The van der Waals surface area contributed by atoms with E-state index < -0.39 is 12.2 Å². The fourth-order valence-corrected chi connectivity index (χ4v) is 5.27. The summed E-state index contributed by atoms with van der Waals surface area (Å²) in [6.07, 6.45) is 3.82. The number of thiophene rings is 2. The number of aliphatic hydroxyl groups is 1. The molecule has 1 aliphatic heterocycles. The first-order chi connectivity index (χ1) is 14.0. The van der Waals surface area contributed by atoms with Crippen molar-refractivity contribution in [2.75, 3.05) is 18.4 Å². The summed E-state index contributed by atoms with van der Waals surface area (Å²) in [6, 6.07) is 4.12. The number of nitrogens with one attached hydrogen (secondary N) is 1. The van der Waals surface area contributed by atoms with Gasteiger partial charge in [-0.15, -0.1) is 11.3 Å². The molecule has 1 saturated heterocycles. The van der Waals surface area contributed by atoms with Crippen LogP contribution in [0.1, 0.15) is 28.0 Å². The Morgan fingerprint density at radius 3 is 2.93 bits per heavy atom. The summed E-state index contributed by atoms with van der Waals surface area (Å²) in [6.45, 7) is 0.618. The fraction of sp³-hybridized carbons (Fsp3) is 0.350. The zero-order chi connectivity index (χ0) is 20.4. The van der Waals surface area contributed by atoms with E-state index in [9.17, 15) is 20.0 Å². The highest BCUT2D eigenvalue weighted by atomic mass is 32.1. The molecule has 1 unspecified atom stereocenters. The number of amides is 2. The van der Waals surface area contributed by atoms with Gasteiger partial charge in [0.1, 0.15) is 17.2 Å². The second kappa shape index (κ2) is 8.37. The lowest BCUT2D eigenvalue weighted by Crippen LogP contribution is -2.54. The summed E-state index contributed by atoms with van der Waals surface area (Å²) in [7, 11) is 0. The van der Waals surface area contributed by atoms with Gasteiger partial charge in [-0.1, -0.05) is 0 Å². The Bertz CT molecular complexity index is 984. The van der Waals surface area contributed by atoms with Gasteiger partial charge in [0, 0.05) is 17.4 Å². The molecule has 4 rings (SSSR count). The summed E-state index contributed by atoms with van der Waals surface area (Å²) >= 11 is 2.92. The standard InChI is InChI=1S/C20H19N3O4S2/c21-8-16-15-3-2-14(27-20(26)23-9-13(24)10-23)7-17(15)29-19(16)22-18(25)4-1-12-5-6-28-11-12/h1,4-6,11,13-14,24H,2-3,7,9-10H2,(H,22,25). The van der Waals surface area contributed by atoms with Crippen molar-refractivity contribution in [3.05, 3.63) is 44.5 Å². The minimum absolute atomic E-state index is 0.264. The highest BCUT2D eigenvalue weighted by Crippen LogP contribution is 2.38. The van der Waals surface area contributed by atoms with Gasteiger partial charge in [0.15, 0.2) is 0 Å². The molecule has 0 saturated carbocycles. The van der Waals surface area contributed by atoms with E-state index in [0.29, 0.717) is 42.9 Å². The number of carbonyl (C=O) groups is 2. The number of nitrogens with zero attached hydrogens (tertiary/aromatic N) is 2. The zero-order valence-corrected chi connectivity index (χ0v) is 17.1. The first-order valence-corrected chi connectivity index (χ1v) is 11.0. The molecule has 29 heavy (non-hydrogen) atoms. The van der Waals surface area contributed by atoms with Gasteiger partial charge < -0.3 is 20.1 Å². The lowest BCUT2D eigenvalue weighted by molar-refractivity contribution is -0.111. The number of aliphatic hydroxyl groups excluding tert-OH is 1. The van der Waals surface area contributed by atoms with Gasteiger partial charge in [0.25, 0.3) is 0 Å². The van der Waals surface area contributed by atoms with E-state index in [1.807, 2.05) is 16.8 Å². The van der Waals surface area contributed by atoms with Crippen molar-refractivity contribution in [2.45, 2.75) is 31.5 Å². The van der Waals surface area contributed by atoms with Gasteiger partial charge >= 0.3 is 6.09 Å². The van der Waals surface area contributed by atoms with Crippen LogP contribution in [0.2, 0.25) is 0 Å². The Morgan fingerprint density at radius 2 is 2.24 bits per heavy atom. The summed E-state index contributed by atoms with van der Waals surface area (Å²) in [5, 5.41) is 26.1. The summed E-state index contributed by atoms with van der Waals surface area (Å²) in [4.78, 5) is 26.8. The third kappa shape index (κ3) is 4.34. The molecule has 1 aliphatic carbocycles. The minimum atomic E-state index is -0.462. The third-order valence-corrected chi connectivity index (χ3v) is 6.80. The molecule has 2 aromatic rings. The Morgan fingerprint density at radius 1 is 1.41 bits per heavy atom. The zero-order valence-electron chi connectivity index (χ0n) is 15.5. The maximum absolute atomic E-state index is 12.2. The van der Waals surface area contributed by atoms with Crippen molar-refractivity contribution in [2.24, 2.45) is 0 Å². The van der Waals surface area contributed by atoms with E-state index in [4.69, 9.17) is 4.74 Å². The van der Waals surface area contributed by atoms with Gasteiger partial charge in [0.05, 0.1) is 24.8 Å². The number of rotatable bonds is 4. The number of carbonyl (C=O) groups excluding carboxylic acids is 2. The average Bonchev–Trinajstić information content (AvgIpc) is 3.30. The van der Waals surface area contributed by atoms with Crippen LogP contribution in [-0.2, 0) is 22.4 Å². The van der Waals surface area contributed by atoms with Crippen molar-refractivity contribution in [1.82, 2.24) is 4.90 Å². The molecule has 0 radical (unpaired) electrons. The van der Waals surface area contributed by atoms with Crippen molar-refractivity contribution in [3.63, 3.8) is 0 Å². The van der Waals surface area contributed by atoms with Crippen LogP contribution in [0.15, 0.2) is 22.9 Å². The predicted octanol–water partition coefficient (Wildman–Crippen LogP) is 3.00. The molecule has 7 nitrogen and oxygen atoms in total. The highest BCUT2D eigenvalue weighted by molar-refractivity contribution is 7.16. The number of hydrogen-bond donors (Lipinski definition) is 2. The van der Waals surface area contributed by atoms with Crippen LogP contribution in [0.25, 0.3) is 6.08 Å². The van der Waals surface area contributed by atoms with Gasteiger partial charge in [-0.2, -0.15) is 16.6 Å². The van der Waals surface area contributed by atoms with E-state index in [1.54, 1.807) is 17.4 Å². The van der Waals surface area contributed by atoms with Gasteiger partial charge in [-0.3, -0.25) is 4.79 Å². The molecule has 2 aliphatic rings. The molecule has 150 valence electrons. The van der Waals surface area contributed by atoms with Crippen LogP contribution in [0, 0.1) is 11.3 Å². The maximum Gasteiger partial charge on any atom is 0.410 e. The highest BCUT2D eigenvalue weighted by Gasteiger charge is 2.33. The molecular formula is C20H19N3O4S2. The molecule has 1 fully saturated rings. The third-order valence-electron chi connectivity index (χ3n) is 4.93. The van der Waals surface area contributed by atoms with Crippen molar-refractivity contribution >= 4 is 45.8 Å². The summed E-state index contributed by atoms with van der Waals surface area (Å²) in [5.41, 5.74) is 2.38. The second-order valence-corrected chi connectivity index (χ2v) is 8.89. The first kappa shape index (κ1) is 19.6. The van der Waals surface area contributed by atoms with Crippen LogP contribution in [0.3, 0.4) is 0 Å². The van der Waals surface area contributed by atoms with Gasteiger partial charge in [-0.25, -0.2) is 4.79 Å². The Kier molecular flexibility index (Phi) is 5.67. The lowest BCUT2D eigenvalue weighted by atomic mass is 9.94. The Hall–Kier alpha value is -2.67. The van der Waals surface area contributed by atoms with E-state index >= 15 is 0 Å².